The van der Waals surface area contributed by atoms with Crippen molar-refractivity contribution in [3.63, 3.8) is 0 Å². The van der Waals surface area contributed by atoms with Crippen LogP contribution in [0.5, 0.6) is 0 Å². The van der Waals surface area contributed by atoms with Crippen LogP contribution in [0, 0.1) is 22.3 Å². The molecule has 2 aliphatic heterocycles. The molecule has 2 aromatic rings. The summed E-state index contributed by atoms with van der Waals surface area (Å²) in [5, 5.41) is 28.6. The molecule has 8 heteroatoms. The van der Waals surface area contributed by atoms with E-state index in [4.69, 9.17) is 24.8 Å². The molecule has 3 heterocycles. The zero-order valence-corrected chi connectivity index (χ0v) is 22.7. The number of hydrogen-bond acceptors (Lipinski definition) is 5. The largest absolute Gasteiger partial charge is 0.391 e. The Bertz CT molecular complexity index is 773. The summed E-state index contributed by atoms with van der Waals surface area (Å²) in [5.74, 6) is 0. The zero-order valence-electron chi connectivity index (χ0n) is 22.7. The molecule has 35 heavy (non-hydrogen) atoms. The number of likely N-dealkylation sites (N-methyl/N-ethyl adjacent to an activating group) is 2. The van der Waals surface area contributed by atoms with E-state index in [1.807, 2.05) is 29.1 Å². The van der Waals surface area contributed by atoms with Gasteiger partial charge in [-0.1, -0.05) is 18.2 Å². The van der Waals surface area contributed by atoms with Crippen molar-refractivity contribution < 1.29 is 38.3 Å². The molecule has 1 unspecified atom stereocenters. The van der Waals surface area contributed by atoms with Gasteiger partial charge in [0.25, 0.3) is 0 Å². The summed E-state index contributed by atoms with van der Waals surface area (Å²) in [6, 6.07) is 10.3. The van der Waals surface area contributed by atoms with E-state index in [9.17, 15) is 0 Å². The van der Waals surface area contributed by atoms with Crippen molar-refractivity contribution in [2.45, 2.75) is 6.54 Å². The number of aliphatic hydroxyl groups is 3. The van der Waals surface area contributed by atoms with Crippen molar-refractivity contribution in [3.05, 3.63) is 65.0 Å². The Kier molecular flexibility index (Phi) is 18.9. The maximum atomic E-state index is 8.77. The molecule has 1 atom stereocenters. The third-order valence-corrected chi connectivity index (χ3v) is 6.11. The van der Waals surface area contributed by atoms with E-state index in [1.54, 1.807) is 0 Å². The Balaban J connectivity index is 0. The van der Waals surface area contributed by atoms with Crippen molar-refractivity contribution in [1.82, 2.24) is 0 Å². The fourth-order valence-corrected chi connectivity index (χ4v) is 3.73. The number of fused-ring (bicyclic) bond motifs is 1. The van der Waals surface area contributed by atoms with Crippen molar-refractivity contribution in [2.24, 2.45) is 0 Å². The first kappa shape index (κ1) is 35.5. The molecule has 8 nitrogen and oxygen atoms in total. The number of rotatable bonds is 6. The molecule has 2 aliphatic rings. The van der Waals surface area contributed by atoms with Gasteiger partial charge in [0.1, 0.15) is 45.9 Å². The highest BCUT2D eigenvalue weighted by Crippen LogP contribution is 2.09. The molecule has 0 bridgehead atoms. The number of aromatic nitrogens is 1. The van der Waals surface area contributed by atoms with Crippen LogP contribution in [0.1, 0.15) is 0 Å². The summed E-state index contributed by atoms with van der Waals surface area (Å²) in [4.78, 5) is 0. The molecule has 1 aromatic carbocycles. The Morgan fingerprint density at radius 1 is 0.743 bits per heavy atom. The highest BCUT2D eigenvalue weighted by molar-refractivity contribution is 5.80. The lowest BCUT2D eigenvalue weighted by Gasteiger charge is -2.36. The van der Waals surface area contributed by atoms with Crippen molar-refractivity contribution in [1.29, 1.82) is 0 Å². The second-order valence-corrected chi connectivity index (χ2v) is 8.99. The Morgan fingerprint density at radius 2 is 1.29 bits per heavy atom. The topological polar surface area (TPSA) is 83.0 Å². The first-order valence-electron chi connectivity index (χ1n) is 11.5. The monoisotopic (exact) mass is 497 g/mol. The van der Waals surface area contributed by atoms with Gasteiger partial charge in [-0.15, -0.1) is 0 Å². The van der Waals surface area contributed by atoms with Crippen LogP contribution < -0.4 is 4.57 Å². The molecule has 0 aliphatic carbocycles. The lowest BCUT2D eigenvalue weighted by atomic mass is 10.2. The average Bonchev–Trinajstić information content (AvgIpc) is 3.22. The summed E-state index contributed by atoms with van der Waals surface area (Å²) >= 11 is 0. The standard InChI is InChI=1S/C11H12NO.C7H16NO2.C6H14NO2.3CH3/c13-8-7-12-6-5-10-3-1-2-4-11(10)9-12;1-8(2-5-9)3-6-10-7-4-8;1-7(2-4-8)3-5-9-6-7;;;/h1-6,9,13H,7-8H2;9H,2-7H2,1H3;8H,2-6H2,1H3;3*1H3/q3*+1;3*-1. The first-order valence-corrected chi connectivity index (χ1v) is 11.5. The normalized spacial score (nSPS) is 20.0. The molecule has 0 saturated carbocycles. The molecule has 0 spiro atoms. The summed E-state index contributed by atoms with van der Waals surface area (Å²) in [6.07, 6.45) is 4.03. The van der Waals surface area contributed by atoms with Crippen LogP contribution in [-0.2, 0) is 16.0 Å². The van der Waals surface area contributed by atoms with Gasteiger partial charge in [-0.3, -0.25) is 4.48 Å². The molecular weight excluding hydrogens is 446 g/mol. The second-order valence-electron chi connectivity index (χ2n) is 8.99. The number of quaternary nitrogens is 2. The molecular formula is C27H51N3O5. The van der Waals surface area contributed by atoms with Crippen molar-refractivity contribution >= 4 is 10.8 Å². The highest BCUT2D eigenvalue weighted by atomic mass is 16.5. The third kappa shape index (κ3) is 12.7. The molecule has 2 fully saturated rings. The van der Waals surface area contributed by atoms with Crippen LogP contribution in [0.25, 0.3) is 10.8 Å². The molecule has 204 valence electrons. The van der Waals surface area contributed by atoms with Crippen molar-refractivity contribution in [3.8, 4) is 0 Å². The van der Waals surface area contributed by atoms with Gasteiger partial charge in [0.2, 0.25) is 0 Å². The number of ether oxygens (including phenoxy) is 2. The minimum Gasteiger partial charge on any atom is -0.391 e. The minimum absolute atomic E-state index is 0. The van der Waals surface area contributed by atoms with E-state index in [0.717, 1.165) is 68.2 Å². The number of hydrogen-bond donors (Lipinski definition) is 3. The smallest absolute Gasteiger partial charge is 0.183 e. The van der Waals surface area contributed by atoms with E-state index in [1.165, 1.54) is 10.8 Å². The van der Waals surface area contributed by atoms with Gasteiger partial charge in [0, 0.05) is 11.5 Å². The van der Waals surface area contributed by atoms with E-state index in [0.29, 0.717) is 6.54 Å². The Morgan fingerprint density at radius 3 is 1.83 bits per heavy atom. The predicted octanol–water partition coefficient (Wildman–Crippen LogP) is 1.34. The average molecular weight is 498 g/mol. The van der Waals surface area contributed by atoms with E-state index in [2.05, 4.69) is 32.3 Å². The van der Waals surface area contributed by atoms with Gasteiger partial charge in [-0.25, -0.2) is 4.57 Å². The second kappa shape index (κ2) is 18.6. The molecule has 1 aromatic heterocycles. The van der Waals surface area contributed by atoms with Crippen molar-refractivity contribution in [2.75, 3.05) is 93.2 Å². The van der Waals surface area contributed by atoms with Crippen LogP contribution in [0.2, 0.25) is 0 Å². The van der Waals surface area contributed by atoms with E-state index >= 15 is 0 Å². The Hall–Kier alpha value is -1.65. The zero-order chi connectivity index (χ0) is 23.3. The van der Waals surface area contributed by atoms with Crippen LogP contribution in [0.15, 0.2) is 42.7 Å². The molecule has 0 amide bonds. The van der Waals surface area contributed by atoms with Gasteiger partial charge in [0.15, 0.2) is 25.7 Å². The molecule has 4 rings (SSSR count). The maximum absolute atomic E-state index is 8.77. The summed E-state index contributed by atoms with van der Waals surface area (Å²) < 4.78 is 14.2. The third-order valence-electron chi connectivity index (χ3n) is 6.11. The van der Waals surface area contributed by atoms with Gasteiger partial charge in [-0.2, -0.15) is 0 Å². The van der Waals surface area contributed by atoms with Gasteiger partial charge >= 0.3 is 0 Å². The van der Waals surface area contributed by atoms with Gasteiger partial charge < -0.3 is 51.6 Å². The molecule has 2 saturated heterocycles. The number of aliphatic hydroxyl groups excluding tert-OH is 3. The lowest BCUT2D eigenvalue weighted by Crippen LogP contribution is -2.53. The lowest BCUT2D eigenvalue weighted by molar-refractivity contribution is -0.917. The van der Waals surface area contributed by atoms with Gasteiger partial charge in [-0.05, 0) is 11.5 Å². The summed E-state index contributed by atoms with van der Waals surface area (Å²) in [6.45, 7) is 9.50. The van der Waals surface area contributed by atoms with Crippen LogP contribution in [0.3, 0.4) is 0 Å². The Labute approximate surface area is 214 Å². The number of nitrogens with zero attached hydrogens (tertiary/aromatic N) is 3. The number of morpholine rings is 1. The fraction of sp³-hybridized carbons (Fsp3) is 0.556. The fourth-order valence-electron chi connectivity index (χ4n) is 3.73. The quantitative estimate of drug-likeness (QED) is 0.319. The predicted molar refractivity (Wildman–Crippen MR) is 143 cm³/mol. The summed E-state index contributed by atoms with van der Waals surface area (Å²) in [5.41, 5.74) is 0. The van der Waals surface area contributed by atoms with E-state index < -0.39 is 0 Å². The van der Waals surface area contributed by atoms with Crippen LogP contribution in [-0.4, -0.2) is 117 Å². The van der Waals surface area contributed by atoms with Crippen LogP contribution >= 0.6 is 0 Å². The number of pyridine rings is 1. The maximum Gasteiger partial charge on any atom is 0.183 e. The summed E-state index contributed by atoms with van der Waals surface area (Å²) in [7, 11) is 4.27. The first-order chi connectivity index (χ1) is 15.4. The highest BCUT2D eigenvalue weighted by Gasteiger charge is 2.26. The van der Waals surface area contributed by atoms with E-state index in [-0.39, 0.29) is 42.1 Å². The molecule has 0 radical (unpaired) electrons. The number of benzene rings is 1. The van der Waals surface area contributed by atoms with Crippen LogP contribution in [0.4, 0.5) is 0 Å². The minimum atomic E-state index is 0. The molecule has 3 N–H and O–H groups in total. The SMILES string of the molecule is C[N+]1(CCO)CCOC1.C[N+]1(CCO)CCOCC1.OCC[n+]1ccc2ccccc2c1.[CH3-].[CH3-].[CH3-]. The van der Waals surface area contributed by atoms with Gasteiger partial charge in [0.05, 0.1) is 40.5 Å².